The van der Waals surface area contributed by atoms with Crippen molar-refractivity contribution in [1.82, 2.24) is 9.47 Å². The zero-order valence-corrected chi connectivity index (χ0v) is 13.8. The molecule has 0 aromatic carbocycles. The molecule has 0 unspecified atom stereocenters. The summed E-state index contributed by atoms with van der Waals surface area (Å²) in [6.07, 6.45) is 5.10. The van der Waals surface area contributed by atoms with Crippen LogP contribution in [0.25, 0.3) is 0 Å². The van der Waals surface area contributed by atoms with E-state index in [1.54, 1.807) is 0 Å². The predicted molar refractivity (Wildman–Crippen MR) is 86.0 cm³/mol. The van der Waals surface area contributed by atoms with E-state index in [0.29, 0.717) is 18.4 Å². The molecule has 1 aliphatic heterocycles. The number of likely N-dealkylation sites (tertiary alicyclic amines) is 1. The first-order valence-electron chi connectivity index (χ1n) is 8.15. The van der Waals surface area contributed by atoms with Gasteiger partial charge in [0.2, 0.25) is 11.8 Å². The fraction of sp³-hybridized carbons (Fsp3) is 0.500. The Kier molecular flexibility index (Phi) is 3.96. The van der Waals surface area contributed by atoms with Crippen molar-refractivity contribution < 1.29 is 14.4 Å². The molecule has 2 heterocycles. The topological polar surface area (TPSA) is 59.4 Å². The number of fused-ring (bicyclic) bond motifs is 1. The number of nitrogens with zero attached hydrogens (tertiary/aromatic N) is 2. The summed E-state index contributed by atoms with van der Waals surface area (Å²) in [5.41, 5.74) is 2.52. The molecule has 5 heteroatoms. The van der Waals surface area contributed by atoms with Crippen LogP contribution in [0.5, 0.6) is 0 Å². The Balaban J connectivity index is 1.81. The molecule has 2 atom stereocenters. The van der Waals surface area contributed by atoms with Gasteiger partial charge in [0.25, 0.3) is 0 Å². The van der Waals surface area contributed by atoms with Crippen LogP contribution in [0.1, 0.15) is 41.5 Å². The van der Waals surface area contributed by atoms with Crippen molar-refractivity contribution >= 4 is 17.6 Å². The first-order valence-corrected chi connectivity index (χ1v) is 8.15. The minimum Gasteiger partial charge on any atom is -0.349 e. The van der Waals surface area contributed by atoms with Crippen LogP contribution in [0, 0.1) is 25.7 Å². The fourth-order valence-corrected chi connectivity index (χ4v) is 3.82. The standard InChI is InChI=1S/C18H22N2O3/c1-4-19-11(2)9-15(12(19)3)16(21)10-20-17(22)13-7-5-6-8-14(13)18(20)23/h5-6,9,13-14H,4,7-8,10H2,1-3H3/t13-,14-/m1/s1. The van der Waals surface area contributed by atoms with Gasteiger partial charge in [-0.05, 0) is 39.7 Å². The summed E-state index contributed by atoms with van der Waals surface area (Å²) < 4.78 is 2.06. The van der Waals surface area contributed by atoms with E-state index in [4.69, 9.17) is 0 Å². The van der Waals surface area contributed by atoms with Gasteiger partial charge in [-0.25, -0.2) is 0 Å². The molecule has 0 radical (unpaired) electrons. The number of amides is 2. The van der Waals surface area contributed by atoms with E-state index in [1.807, 2.05) is 39.0 Å². The molecule has 1 fully saturated rings. The highest BCUT2D eigenvalue weighted by atomic mass is 16.2. The Bertz CT molecular complexity index is 688. The summed E-state index contributed by atoms with van der Waals surface area (Å²) in [7, 11) is 0. The third-order valence-electron chi connectivity index (χ3n) is 5.09. The van der Waals surface area contributed by atoms with E-state index in [2.05, 4.69) is 4.57 Å². The Morgan fingerprint density at radius 2 is 1.70 bits per heavy atom. The molecule has 1 aliphatic carbocycles. The maximum absolute atomic E-state index is 12.6. The summed E-state index contributed by atoms with van der Waals surface area (Å²) in [5, 5.41) is 0. The number of allylic oxidation sites excluding steroid dienone is 2. The number of carbonyl (C=O) groups is 3. The number of Topliss-reactive ketones (excluding diaryl/α,β-unsaturated/α-hetero) is 1. The molecule has 0 bridgehead atoms. The number of rotatable bonds is 4. The van der Waals surface area contributed by atoms with Crippen LogP contribution >= 0.6 is 0 Å². The number of carbonyl (C=O) groups excluding carboxylic acids is 3. The van der Waals surface area contributed by atoms with Crippen LogP contribution in [-0.4, -0.2) is 33.6 Å². The predicted octanol–water partition coefficient (Wildman–Crippen LogP) is 2.26. The molecule has 122 valence electrons. The molecular formula is C18H22N2O3. The molecule has 2 aliphatic rings. The second-order valence-electron chi connectivity index (χ2n) is 6.37. The zero-order chi connectivity index (χ0) is 16.7. The Morgan fingerprint density at radius 3 is 2.17 bits per heavy atom. The molecule has 0 saturated carbocycles. The first kappa shape index (κ1) is 15.7. The quantitative estimate of drug-likeness (QED) is 0.486. The molecule has 5 nitrogen and oxygen atoms in total. The second-order valence-corrected chi connectivity index (χ2v) is 6.37. The van der Waals surface area contributed by atoms with Gasteiger partial charge in [0.15, 0.2) is 5.78 Å². The molecule has 1 saturated heterocycles. The largest absolute Gasteiger partial charge is 0.349 e. The SMILES string of the molecule is CCn1c(C)cc(C(=O)CN2C(=O)[C@@H]3CC=CC[C@H]3C2=O)c1C. The van der Waals surface area contributed by atoms with E-state index >= 15 is 0 Å². The van der Waals surface area contributed by atoms with Gasteiger partial charge in [-0.15, -0.1) is 0 Å². The fourth-order valence-electron chi connectivity index (χ4n) is 3.82. The van der Waals surface area contributed by atoms with Gasteiger partial charge in [-0.3, -0.25) is 19.3 Å². The minimum atomic E-state index is -0.275. The highest BCUT2D eigenvalue weighted by Gasteiger charge is 2.47. The van der Waals surface area contributed by atoms with Crippen molar-refractivity contribution in [3.8, 4) is 0 Å². The van der Waals surface area contributed by atoms with Gasteiger partial charge >= 0.3 is 0 Å². The maximum Gasteiger partial charge on any atom is 0.233 e. The number of ketones is 1. The Labute approximate surface area is 136 Å². The molecule has 0 spiro atoms. The average Bonchev–Trinajstić information content (AvgIpc) is 2.96. The lowest BCUT2D eigenvalue weighted by Crippen LogP contribution is -2.36. The van der Waals surface area contributed by atoms with E-state index < -0.39 is 0 Å². The molecular weight excluding hydrogens is 292 g/mol. The molecule has 1 aromatic rings. The lowest BCUT2D eigenvalue weighted by atomic mass is 9.85. The third kappa shape index (κ3) is 2.44. The van der Waals surface area contributed by atoms with Crippen molar-refractivity contribution in [2.75, 3.05) is 6.54 Å². The first-order chi connectivity index (χ1) is 11.0. The summed E-state index contributed by atoms with van der Waals surface area (Å²) in [6, 6.07) is 1.85. The van der Waals surface area contributed by atoms with Gasteiger partial charge in [0, 0.05) is 23.5 Å². The number of hydrogen-bond acceptors (Lipinski definition) is 3. The van der Waals surface area contributed by atoms with Crippen LogP contribution in [0.4, 0.5) is 0 Å². The molecule has 3 rings (SSSR count). The Morgan fingerprint density at radius 1 is 1.13 bits per heavy atom. The summed E-state index contributed by atoms with van der Waals surface area (Å²) in [4.78, 5) is 38.7. The number of aromatic nitrogens is 1. The highest BCUT2D eigenvalue weighted by Crippen LogP contribution is 2.35. The van der Waals surface area contributed by atoms with Crippen LogP contribution < -0.4 is 0 Å². The second kappa shape index (κ2) is 5.80. The van der Waals surface area contributed by atoms with Gasteiger partial charge in [-0.1, -0.05) is 12.2 Å². The number of hydrogen-bond donors (Lipinski definition) is 0. The lowest BCUT2D eigenvalue weighted by Gasteiger charge is -2.14. The van der Waals surface area contributed by atoms with E-state index in [9.17, 15) is 14.4 Å². The van der Waals surface area contributed by atoms with E-state index in [1.165, 1.54) is 4.90 Å². The molecule has 23 heavy (non-hydrogen) atoms. The lowest BCUT2D eigenvalue weighted by molar-refractivity contribution is -0.139. The van der Waals surface area contributed by atoms with Crippen molar-refractivity contribution in [3.05, 3.63) is 35.2 Å². The Hall–Kier alpha value is -2.17. The average molecular weight is 314 g/mol. The third-order valence-corrected chi connectivity index (χ3v) is 5.09. The van der Waals surface area contributed by atoms with Crippen molar-refractivity contribution in [2.45, 2.75) is 40.2 Å². The van der Waals surface area contributed by atoms with Crippen LogP contribution in [0.3, 0.4) is 0 Å². The summed E-state index contributed by atoms with van der Waals surface area (Å²) in [5.74, 6) is -1.10. The van der Waals surface area contributed by atoms with Crippen LogP contribution in [0.15, 0.2) is 18.2 Å². The minimum absolute atomic E-state index is 0.140. The summed E-state index contributed by atoms with van der Waals surface area (Å²) >= 11 is 0. The normalized spacial score (nSPS) is 23.5. The van der Waals surface area contributed by atoms with Crippen molar-refractivity contribution in [1.29, 1.82) is 0 Å². The molecule has 0 N–H and O–H groups in total. The molecule has 2 amide bonds. The zero-order valence-electron chi connectivity index (χ0n) is 13.8. The van der Waals surface area contributed by atoms with E-state index in [-0.39, 0.29) is 36.0 Å². The maximum atomic E-state index is 12.6. The van der Waals surface area contributed by atoms with Gasteiger partial charge < -0.3 is 4.57 Å². The van der Waals surface area contributed by atoms with Crippen molar-refractivity contribution in [3.63, 3.8) is 0 Å². The summed E-state index contributed by atoms with van der Waals surface area (Å²) in [6.45, 7) is 6.54. The number of aryl methyl sites for hydroxylation is 1. The van der Waals surface area contributed by atoms with Gasteiger partial charge in [0.1, 0.15) is 0 Å². The highest BCUT2D eigenvalue weighted by molar-refractivity contribution is 6.10. The van der Waals surface area contributed by atoms with Crippen LogP contribution in [0.2, 0.25) is 0 Å². The van der Waals surface area contributed by atoms with E-state index in [0.717, 1.165) is 17.9 Å². The monoisotopic (exact) mass is 314 g/mol. The van der Waals surface area contributed by atoms with Crippen LogP contribution in [-0.2, 0) is 16.1 Å². The smallest absolute Gasteiger partial charge is 0.233 e. The number of imide groups is 1. The van der Waals surface area contributed by atoms with Gasteiger partial charge in [-0.2, -0.15) is 0 Å². The molecule has 1 aromatic heterocycles. The van der Waals surface area contributed by atoms with Gasteiger partial charge in [0.05, 0.1) is 18.4 Å². The van der Waals surface area contributed by atoms with Crippen molar-refractivity contribution in [2.24, 2.45) is 11.8 Å².